The van der Waals surface area contributed by atoms with Crippen LogP contribution in [0.2, 0.25) is 0 Å². The number of nitrogens with zero attached hydrogens (tertiary/aromatic N) is 2. The second kappa shape index (κ2) is 7.26. The van der Waals surface area contributed by atoms with E-state index in [-0.39, 0.29) is 11.6 Å². The third-order valence-corrected chi connectivity index (χ3v) is 6.36. The zero-order valence-corrected chi connectivity index (χ0v) is 16.4. The van der Waals surface area contributed by atoms with E-state index in [1.165, 1.54) is 28.8 Å². The molecule has 2 aromatic carbocycles. The largest absolute Gasteiger partial charge is 0.368 e. The molecule has 1 aliphatic heterocycles. The number of carbonyl (C=O) groups excluding carboxylic acids is 1. The molecule has 4 heteroatoms. The lowest BCUT2D eigenvalue weighted by Crippen LogP contribution is -2.58. The van der Waals surface area contributed by atoms with Crippen LogP contribution in [-0.4, -0.2) is 37.1 Å². The van der Waals surface area contributed by atoms with Gasteiger partial charge in [-0.2, -0.15) is 0 Å². The molecule has 142 valence electrons. The Hall–Kier alpha value is -2.49. The number of anilines is 1. The van der Waals surface area contributed by atoms with Gasteiger partial charge >= 0.3 is 6.03 Å². The van der Waals surface area contributed by atoms with Gasteiger partial charge in [-0.1, -0.05) is 42.5 Å². The second-order valence-electron chi connectivity index (χ2n) is 7.92. The average molecular weight is 364 g/mol. The maximum atomic E-state index is 12.9. The van der Waals surface area contributed by atoms with Crippen molar-refractivity contribution < 1.29 is 4.79 Å². The molecule has 0 radical (unpaired) electrons. The van der Waals surface area contributed by atoms with E-state index in [0.717, 1.165) is 39.0 Å². The van der Waals surface area contributed by atoms with Crippen molar-refractivity contribution >= 4 is 11.7 Å². The summed E-state index contributed by atoms with van der Waals surface area (Å²) in [4.78, 5) is 17.3. The fourth-order valence-electron chi connectivity index (χ4n) is 4.29. The van der Waals surface area contributed by atoms with Crippen LogP contribution in [-0.2, 0) is 5.54 Å². The third kappa shape index (κ3) is 3.41. The van der Waals surface area contributed by atoms with Gasteiger partial charge in [-0.3, -0.25) is 0 Å². The van der Waals surface area contributed by atoms with Crippen LogP contribution < -0.4 is 10.2 Å². The topological polar surface area (TPSA) is 35.6 Å². The summed E-state index contributed by atoms with van der Waals surface area (Å²) in [6.07, 6.45) is 3.24. The van der Waals surface area contributed by atoms with Crippen molar-refractivity contribution in [2.45, 2.75) is 38.6 Å². The first kappa shape index (κ1) is 17.9. The third-order valence-electron chi connectivity index (χ3n) is 6.36. The standard InChI is InChI=1S/C23H29N3O/c1-18-8-6-11-21(19(18)2)25-14-16-26(17-15-25)22(27)24-23(12-7-13-23)20-9-4-3-5-10-20/h3-6,8-11H,7,12-17H2,1-2H3,(H,24,27). The minimum atomic E-state index is -0.164. The monoisotopic (exact) mass is 363 g/mol. The fourth-order valence-corrected chi connectivity index (χ4v) is 4.29. The minimum Gasteiger partial charge on any atom is -0.368 e. The molecule has 0 bridgehead atoms. The fraction of sp³-hybridized carbons (Fsp3) is 0.435. The van der Waals surface area contributed by atoms with E-state index in [9.17, 15) is 4.79 Å². The Balaban J connectivity index is 1.40. The van der Waals surface area contributed by atoms with Crippen LogP contribution >= 0.6 is 0 Å². The van der Waals surface area contributed by atoms with Crippen LogP contribution in [0.25, 0.3) is 0 Å². The van der Waals surface area contributed by atoms with Gasteiger partial charge in [0.05, 0.1) is 5.54 Å². The molecule has 0 atom stereocenters. The van der Waals surface area contributed by atoms with E-state index < -0.39 is 0 Å². The first-order valence-corrected chi connectivity index (χ1v) is 10.0. The lowest BCUT2D eigenvalue weighted by Gasteiger charge is -2.45. The molecule has 2 amide bonds. The Labute approximate surface area is 162 Å². The first-order valence-electron chi connectivity index (χ1n) is 10.0. The quantitative estimate of drug-likeness (QED) is 0.886. The zero-order chi connectivity index (χ0) is 18.9. The van der Waals surface area contributed by atoms with Crippen molar-refractivity contribution in [1.29, 1.82) is 0 Å². The van der Waals surface area contributed by atoms with Gasteiger partial charge in [-0.25, -0.2) is 4.79 Å². The second-order valence-corrected chi connectivity index (χ2v) is 7.92. The molecule has 27 heavy (non-hydrogen) atoms. The van der Waals surface area contributed by atoms with Crippen LogP contribution in [0.4, 0.5) is 10.5 Å². The molecular formula is C23H29N3O. The van der Waals surface area contributed by atoms with Crippen LogP contribution in [0, 0.1) is 13.8 Å². The minimum absolute atomic E-state index is 0.0826. The van der Waals surface area contributed by atoms with E-state index in [4.69, 9.17) is 0 Å². The molecule has 2 aliphatic rings. The molecule has 0 unspecified atom stereocenters. The molecular weight excluding hydrogens is 334 g/mol. The molecule has 2 fully saturated rings. The summed E-state index contributed by atoms with van der Waals surface area (Å²) in [6, 6.07) is 17.0. The smallest absolute Gasteiger partial charge is 0.318 e. The Morgan fingerprint density at radius 3 is 2.26 bits per heavy atom. The Morgan fingerprint density at radius 1 is 0.926 bits per heavy atom. The Bertz CT molecular complexity index is 806. The zero-order valence-electron chi connectivity index (χ0n) is 16.4. The van der Waals surface area contributed by atoms with Gasteiger partial charge in [0, 0.05) is 31.9 Å². The van der Waals surface area contributed by atoms with Crippen LogP contribution in [0.3, 0.4) is 0 Å². The van der Waals surface area contributed by atoms with Gasteiger partial charge < -0.3 is 15.1 Å². The number of hydrogen-bond donors (Lipinski definition) is 1. The van der Waals surface area contributed by atoms with Crippen molar-refractivity contribution in [2.75, 3.05) is 31.1 Å². The summed E-state index contributed by atoms with van der Waals surface area (Å²) < 4.78 is 0. The predicted octanol–water partition coefficient (Wildman–Crippen LogP) is 4.21. The number of piperazine rings is 1. The predicted molar refractivity (Wildman–Crippen MR) is 110 cm³/mol. The van der Waals surface area contributed by atoms with Gasteiger partial charge in [-0.15, -0.1) is 0 Å². The highest BCUT2D eigenvalue weighted by atomic mass is 16.2. The summed E-state index contributed by atoms with van der Waals surface area (Å²) in [7, 11) is 0. The number of hydrogen-bond acceptors (Lipinski definition) is 2. The molecule has 1 saturated heterocycles. The highest BCUT2D eigenvalue weighted by molar-refractivity contribution is 5.76. The number of urea groups is 1. The molecule has 0 spiro atoms. The Kier molecular flexibility index (Phi) is 4.81. The number of benzene rings is 2. The summed E-state index contributed by atoms with van der Waals surface area (Å²) in [5.74, 6) is 0. The van der Waals surface area contributed by atoms with Gasteiger partial charge in [0.15, 0.2) is 0 Å². The normalized spacial score (nSPS) is 18.7. The molecule has 1 N–H and O–H groups in total. The molecule has 0 aromatic heterocycles. The van der Waals surface area contributed by atoms with E-state index in [1.54, 1.807) is 0 Å². The highest BCUT2D eigenvalue weighted by Crippen LogP contribution is 2.41. The molecule has 1 saturated carbocycles. The van der Waals surface area contributed by atoms with Gasteiger partial charge in [0.1, 0.15) is 0 Å². The number of rotatable bonds is 3. The molecule has 1 aliphatic carbocycles. The summed E-state index contributed by atoms with van der Waals surface area (Å²) >= 11 is 0. The van der Waals surface area contributed by atoms with E-state index >= 15 is 0 Å². The number of aryl methyl sites for hydroxylation is 1. The van der Waals surface area contributed by atoms with Crippen molar-refractivity contribution in [3.63, 3.8) is 0 Å². The molecule has 4 rings (SSSR count). The van der Waals surface area contributed by atoms with Gasteiger partial charge in [0.2, 0.25) is 0 Å². The number of nitrogens with one attached hydrogen (secondary N) is 1. The van der Waals surface area contributed by atoms with Crippen LogP contribution in [0.15, 0.2) is 48.5 Å². The lowest BCUT2D eigenvalue weighted by molar-refractivity contribution is 0.147. The van der Waals surface area contributed by atoms with Gasteiger partial charge in [-0.05, 0) is 55.9 Å². The highest BCUT2D eigenvalue weighted by Gasteiger charge is 2.41. The van der Waals surface area contributed by atoms with E-state index in [1.807, 2.05) is 11.0 Å². The number of carbonyl (C=O) groups is 1. The molecule has 2 aromatic rings. The number of amides is 2. The Morgan fingerprint density at radius 2 is 1.63 bits per heavy atom. The maximum absolute atomic E-state index is 12.9. The molecule has 4 nitrogen and oxygen atoms in total. The van der Waals surface area contributed by atoms with Crippen molar-refractivity contribution in [3.05, 3.63) is 65.2 Å². The first-order chi connectivity index (χ1) is 13.1. The maximum Gasteiger partial charge on any atom is 0.318 e. The van der Waals surface area contributed by atoms with Crippen LogP contribution in [0.5, 0.6) is 0 Å². The summed E-state index contributed by atoms with van der Waals surface area (Å²) in [6.45, 7) is 7.65. The van der Waals surface area contributed by atoms with Crippen LogP contribution in [0.1, 0.15) is 36.0 Å². The van der Waals surface area contributed by atoms with E-state index in [2.05, 4.69) is 66.5 Å². The molecule has 1 heterocycles. The van der Waals surface area contributed by atoms with Crippen molar-refractivity contribution in [1.82, 2.24) is 10.2 Å². The summed E-state index contributed by atoms with van der Waals surface area (Å²) in [5.41, 5.74) is 5.03. The van der Waals surface area contributed by atoms with Crippen molar-refractivity contribution in [2.24, 2.45) is 0 Å². The van der Waals surface area contributed by atoms with E-state index in [0.29, 0.717) is 0 Å². The SMILES string of the molecule is Cc1cccc(N2CCN(C(=O)NC3(c4ccccc4)CCC3)CC2)c1C. The summed E-state index contributed by atoms with van der Waals surface area (Å²) in [5, 5.41) is 3.36. The van der Waals surface area contributed by atoms with Crippen molar-refractivity contribution in [3.8, 4) is 0 Å². The average Bonchev–Trinajstić information content (AvgIpc) is 2.67. The lowest BCUT2D eigenvalue weighted by atomic mass is 9.72. The van der Waals surface area contributed by atoms with Gasteiger partial charge in [0.25, 0.3) is 0 Å².